The van der Waals surface area contributed by atoms with Crippen molar-refractivity contribution in [3.8, 4) is 5.75 Å². The van der Waals surface area contributed by atoms with Gasteiger partial charge in [0.2, 0.25) is 0 Å². The third kappa shape index (κ3) is 2.92. The van der Waals surface area contributed by atoms with Crippen molar-refractivity contribution in [3.05, 3.63) is 46.7 Å². The van der Waals surface area contributed by atoms with Crippen LogP contribution in [0.25, 0.3) is 0 Å². The molecule has 0 aromatic heterocycles. The minimum atomic E-state index is -0.339. The molecule has 0 aliphatic heterocycles. The molecule has 5 heteroatoms. The number of benzene rings is 2. The van der Waals surface area contributed by atoms with E-state index in [4.69, 9.17) is 10.5 Å². The van der Waals surface area contributed by atoms with E-state index >= 15 is 0 Å². The van der Waals surface area contributed by atoms with Crippen molar-refractivity contribution in [2.24, 2.45) is 0 Å². The van der Waals surface area contributed by atoms with Crippen LogP contribution in [0.15, 0.2) is 40.9 Å². The number of nitrogens with one attached hydrogen (secondary N) is 1. The number of rotatable bonds is 3. The smallest absolute Gasteiger partial charge is 0.125 e. The molecule has 0 unspecified atom stereocenters. The van der Waals surface area contributed by atoms with Crippen LogP contribution in [0.1, 0.15) is 0 Å². The molecule has 0 radical (unpaired) electrons. The highest BCUT2D eigenvalue weighted by atomic mass is 79.9. The SMILES string of the molecule is COc1cc(Br)cc(Nc2cc(F)ccc2N)c1. The van der Waals surface area contributed by atoms with Gasteiger partial charge in [-0.15, -0.1) is 0 Å². The zero-order valence-electron chi connectivity index (χ0n) is 9.71. The van der Waals surface area contributed by atoms with E-state index in [1.807, 2.05) is 12.1 Å². The van der Waals surface area contributed by atoms with E-state index in [0.717, 1.165) is 10.2 Å². The van der Waals surface area contributed by atoms with Gasteiger partial charge in [0, 0.05) is 16.2 Å². The largest absolute Gasteiger partial charge is 0.497 e. The summed E-state index contributed by atoms with van der Waals surface area (Å²) in [6, 6.07) is 9.68. The summed E-state index contributed by atoms with van der Waals surface area (Å²) < 4.78 is 19.2. The maximum absolute atomic E-state index is 13.1. The average Bonchev–Trinajstić information content (AvgIpc) is 2.33. The van der Waals surface area contributed by atoms with E-state index in [2.05, 4.69) is 21.2 Å². The monoisotopic (exact) mass is 310 g/mol. The second-order valence-corrected chi connectivity index (χ2v) is 4.65. The van der Waals surface area contributed by atoms with Crippen molar-refractivity contribution in [1.82, 2.24) is 0 Å². The molecule has 2 rings (SSSR count). The minimum absolute atomic E-state index is 0.339. The molecular weight excluding hydrogens is 299 g/mol. The average molecular weight is 311 g/mol. The zero-order valence-corrected chi connectivity index (χ0v) is 11.3. The normalized spacial score (nSPS) is 10.2. The van der Waals surface area contributed by atoms with E-state index < -0.39 is 0 Å². The summed E-state index contributed by atoms with van der Waals surface area (Å²) in [4.78, 5) is 0. The summed E-state index contributed by atoms with van der Waals surface area (Å²) in [5.74, 6) is 0.357. The van der Waals surface area contributed by atoms with Crippen LogP contribution in [0.5, 0.6) is 5.75 Å². The Morgan fingerprint density at radius 2 is 2.00 bits per heavy atom. The Kier molecular flexibility index (Phi) is 3.72. The van der Waals surface area contributed by atoms with E-state index in [-0.39, 0.29) is 5.82 Å². The van der Waals surface area contributed by atoms with Crippen molar-refractivity contribution < 1.29 is 9.13 Å². The lowest BCUT2D eigenvalue weighted by molar-refractivity contribution is 0.415. The molecule has 94 valence electrons. The maximum atomic E-state index is 13.1. The summed E-state index contributed by atoms with van der Waals surface area (Å²) in [5.41, 5.74) is 7.54. The fourth-order valence-corrected chi connectivity index (χ4v) is 2.02. The van der Waals surface area contributed by atoms with Crippen molar-refractivity contribution >= 4 is 33.0 Å². The maximum Gasteiger partial charge on any atom is 0.125 e. The highest BCUT2D eigenvalue weighted by Gasteiger charge is 2.04. The third-order valence-corrected chi connectivity index (χ3v) is 2.86. The van der Waals surface area contributed by atoms with Crippen LogP contribution in [-0.2, 0) is 0 Å². The highest BCUT2D eigenvalue weighted by Crippen LogP contribution is 2.29. The first-order valence-corrected chi connectivity index (χ1v) is 6.04. The Bertz CT molecular complexity index is 575. The first-order chi connectivity index (χ1) is 8.58. The van der Waals surface area contributed by atoms with Gasteiger partial charge in [-0.25, -0.2) is 4.39 Å². The van der Waals surface area contributed by atoms with Gasteiger partial charge in [-0.1, -0.05) is 15.9 Å². The van der Waals surface area contributed by atoms with E-state index in [1.54, 1.807) is 13.2 Å². The standard InChI is InChI=1S/C13H12BrFN2O/c1-18-11-5-8(14)4-10(7-11)17-13-6-9(15)2-3-12(13)16/h2-7,17H,16H2,1H3. The Hall–Kier alpha value is -1.75. The molecule has 0 heterocycles. The molecule has 3 nitrogen and oxygen atoms in total. The van der Waals surface area contributed by atoms with Gasteiger partial charge in [0.25, 0.3) is 0 Å². The Morgan fingerprint density at radius 1 is 1.22 bits per heavy atom. The topological polar surface area (TPSA) is 47.3 Å². The number of methoxy groups -OCH3 is 1. The van der Waals surface area contributed by atoms with E-state index in [1.165, 1.54) is 18.2 Å². The van der Waals surface area contributed by atoms with Gasteiger partial charge < -0.3 is 15.8 Å². The summed E-state index contributed by atoms with van der Waals surface area (Å²) in [6.07, 6.45) is 0. The number of hydrogen-bond donors (Lipinski definition) is 2. The van der Waals surface area contributed by atoms with Crippen LogP contribution in [0.2, 0.25) is 0 Å². The van der Waals surface area contributed by atoms with Crippen molar-refractivity contribution in [2.45, 2.75) is 0 Å². The van der Waals surface area contributed by atoms with Crippen molar-refractivity contribution in [2.75, 3.05) is 18.2 Å². The number of ether oxygens (including phenoxy) is 1. The van der Waals surface area contributed by atoms with Crippen molar-refractivity contribution in [3.63, 3.8) is 0 Å². The Morgan fingerprint density at radius 3 is 2.72 bits per heavy atom. The second kappa shape index (κ2) is 5.27. The quantitative estimate of drug-likeness (QED) is 0.845. The summed E-state index contributed by atoms with van der Waals surface area (Å²) in [6.45, 7) is 0. The van der Waals surface area contributed by atoms with Crippen LogP contribution in [0.3, 0.4) is 0 Å². The van der Waals surface area contributed by atoms with Crippen LogP contribution in [-0.4, -0.2) is 7.11 Å². The van der Waals surface area contributed by atoms with E-state index in [9.17, 15) is 4.39 Å². The molecule has 0 saturated heterocycles. The lowest BCUT2D eigenvalue weighted by Gasteiger charge is -2.11. The van der Waals surface area contributed by atoms with Crippen LogP contribution in [0, 0.1) is 5.82 Å². The van der Waals surface area contributed by atoms with Crippen LogP contribution >= 0.6 is 15.9 Å². The number of nitrogen functional groups attached to an aromatic ring is 1. The first-order valence-electron chi connectivity index (χ1n) is 5.25. The zero-order chi connectivity index (χ0) is 13.1. The highest BCUT2D eigenvalue weighted by molar-refractivity contribution is 9.10. The molecule has 0 bridgehead atoms. The molecule has 0 atom stereocenters. The second-order valence-electron chi connectivity index (χ2n) is 3.74. The lowest BCUT2D eigenvalue weighted by atomic mass is 10.2. The predicted molar refractivity (Wildman–Crippen MR) is 74.8 cm³/mol. The van der Waals surface area contributed by atoms with Gasteiger partial charge >= 0.3 is 0 Å². The first kappa shape index (κ1) is 12.7. The Labute approximate surface area is 113 Å². The molecule has 2 aromatic carbocycles. The molecule has 0 aliphatic rings. The molecule has 0 aliphatic carbocycles. The molecule has 2 aromatic rings. The summed E-state index contributed by atoms with van der Waals surface area (Å²) in [7, 11) is 1.59. The van der Waals surface area contributed by atoms with Gasteiger partial charge in [0.05, 0.1) is 18.5 Å². The summed E-state index contributed by atoms with van der Waals surface area (Å²) in [5, 5.41) is 3.05. The number of hydrogen-bond acceptors (Lipinski definition) is 3. The predicted octanol–water partition coefficient (Wildman–Crippen LogP) is 3.92. The fraction of sp³-hybridized carbons (Fsp3) is 0.0769. The van der Waals surface area contributed by atoms with Gasteiger partial charge in [-0.05, 0) is 30.3 Å². The minimum Gasteiger partial charge on any atom is -0.497 e. The molecule has 18 heavy (non-hydrogen) atoms. The molecule has 0 spiro atoms. The van der Waals surface area contributed by atoms with Crippen molar-refractivity contribution in [1.29, 1.82) is 0 Å². The van der Waals surface area contributed by atoms with Gasteiger partial charge in [0.1, 0.15) is 11.6 Å². The number of anilines is 3. The van der Waals surface area contributed by atoms with Gasteiger partial charge in [-0.3, -0.25) is 0 Å². The molecule has 0 fully saturated rings. The number of halogens is 2. The Balaban J connectivity index is 2.33. The third-order valence-electron chi connectivity index (χ3n) is 2.40. The lowest BCUT2D eigenvalue weighted by Crippen LogP contribution is -1.97. The molecule has 0 amide bonds. The summed E-state index contributed by atoms with van der Waals surface area (Å²) >= 11 is 3.37. The van der Waals surface area contributed by atoms with Crippen LogP contribution < -0.4 is 15.8 Å². The van der Waals surface area contributed by atoms with Crippen LogP contribution in [0.4, 0.5) is 21.5 Å². The fourth-order valence-electron chi connectivity index (χ4n) is 1.54. The molecule has 3 N–H and O–H groups in total. The van der Waals surface area contributed by atoms with E-state index in [0.29, 0.717) is 17.1 Å². The molecule has 0 saturated carbocycles. The van der Waals surface area contributed by atoms with Gasteiger partial charge in [-0.2, -0.15) is 0 Å². The molecular formula is C13H12BrFN2O. The van der Waals surface area contributed by atoms with Gasteiger partial charge in [0.15, 0.2) is 0 Å². The number of nitrogens with two attached hydrogens (primary N) is 1.